The summed E-state index contributed by atoms with van der Waals surface area (Å²) in [5.41, 5.74) is 0.136. The van der Waals surface area contributed by atoms with Gasteiger partial charge in [0.2, 0.25) is 0 Å². The van der Waals surface area contributed by atoms with E-state index in [4.69, 9.17) is 0 Å². The topological polar surface area (TPSA) is 59.0 Å². The van der Waals surface area contributed by atoms with Crippen molar-refractivity contribution in [1.29, 1.82) is 0 Å². The Morgan fingerprint density at radius 1 is 1.42 bits per heavy atom. The minimum atomic E-state index is -4.63. The molecule has 0 radical (unpaired) electrons. The van der Waals surface area contributed by atoms with Gasteiger partial charge >= 0.3 is 6.18 Å². The molecule has 8 heteroatoms. The molecule has 5 nitrogen and oxygen atoms in total. The number of halogens is 3. The Labute approximate surface area is 150 Å². The van der Waals surface area contributed by atoms with E-state index >= 15 is 0 Å². The van der Waals surface area contributed by atoms with Gasteiger partial charge in [0.1, 0.15) is 11.5 Å². The summed E-state index contributed by atoms with van der Waals surface area (Å²) in [6.07, 6.45) is 0.351. The first-order valence-corrected chi connectivity index (χ1v) is 8.10. The van der Waals surface area contributed by atoms with Crippen LogP contribution < -0.4 is 10.6 Å². The van der Waals surface area contributed by atoms with E-state index in [0.29, 0.717) is 23.2 Å². The van der Waals surface area contributed by atoms with Crippen LogP contribution in [0.15, 0.2) is 48.6 Å². The highest BCUT2D eigenvalue weighted by molar-refractivity contribution is 5.93. The Morgan fingerprint density at radius 2 is 2.12 bits per heavy atom. The van der Waals surface area contributed by atoms with Crippen LogP contribution in [-0.4, -0.2) is 34.5 Å². The highest BCUT2D eigenvalue weighted by atomic mass is 19.4. The summed E-state index contributed by atoms with van der Waals surface area (Å²) in [5, 5.41) is 9.33. The van der Waals surface area contributed by atoms with Gasteiger partial charge in [-0.3, -0.25) is 4.79 Å². The van der Waals surface area contributed by atoms with Crippen LogP contribution >= 0.6 is 0 Å². The van der Waals surface area contributed by atoms with Crippen molar-refractivity contribution in [3.8, 4) is 0 Å². The van der Waals surface area contributed by atoms with Crippen molar-refractivity contribution < 1.29 is 18.0 Å². The van der Waals surface area contributed by atoms with E-state index in [1.54, 1.807) is 19.1 Å². The number of hydrogen-bond donors (Lipinski definition) is 2. The maximum Gasteiger partial charge on any atom is 0.433 e. The number of carbonyl (C=O) groups is 1. The molecule has 1 unspecified atom stereocenters. The molecule has 0 aromatic carbocycles. The Hall–Kier alpha value is -2.77. The Balaban J connectivity index is 2.37. The van der Waals surface area contributed by atoms with Crippen molar-refractivity contribution in [2.24, 2.45) is 0 Å². The Kier molecular flexibility index (Phi) is 5.74. The minimum Gasteiger partial charge on any atom is -0.360 e. The van der Waals surface area contributed by atoms with Crippen molar-refractivity contribution in [1.82, 2.24) is 15.1 Å². The lowest BCUT2D eigenvalue weighted by molar-refractivity contribution is -0.0746. The van der Waals surface area contributed by atoms with Gasteiger partial charge in [-0.1, -0.05) is 37.8 Å². The Bertz CT molecular complexity index is 787. The van der Waals surface area contributed by atoms with E-state index in [2.05, 4.69) is 28.9 Å². The van der Waals surface area contributed by atoms with Crippen LogP contribution in [0.1, 0.15) is 30.8 Å². The first-order chi connectivity index (χ1) is 12.1. The fraction of sp³-hybridized carbons (Fsp3) is 0.333. The van der Waals surface area contributed by atoms with Gasteiger partial charge in [0.05, 0.1) is 6.04 Å². The van der Waals surface area contributed by atoms with Crippen molar-refractivity contribution in [2.75, 3.05) is 11.9 Å². The van der Waals surface area contributed by atoms with Crippen LogP contribution in [0.2, 0.25) is 0 Å². The quantitative estimate of drug-likeness (QED) is 0.751. The molecule has 0 aliphatic carbocycles. The lowest BCUT2D eigenvalue weighted by atomic mass is 10.0. The summed E-state index contributed by atoms with van der Waals surface area (Å²) in [6.45, 7) is 11.6. The molecule has 1 aliphatic rings. The number of nitrogens with one attached hydrogen (secondary N) is 2. The monoisotopic (exact) mass is 366 g/mol. The predicted octanol–water partition coefficient (Wildman–Crippen LogP) is 3.91. The van der Waals surface area contributed by atoms with E-state index < -0.39 is 23.8 Å². The summed E-state index contributed by atoms with van der Waals surface area (Å²) in [7, 11) is 0. The molecular formula is C18H21F3N4O. The molecule has 2 rings (SSSR count). The number of anilines is 1. The van der Waals surface area contributed by atoms with Crippen molar-refractivity contribution in [2.45, 2.75) is 32.5 Å². The van der Waals surface area contributed by atoms with Gasteiger partial charge in [-0.2, -0.15) is 18.3 Å². The van der Waals surface area contributed by atoms with Crippen molar-refractivity contribution >= 4 is 17.4 Å². The minimum absolute atomic E-state index is 0.0800. The summed E-state index contributed by atoms with van der Waals surface area (Å²) in [6, 6.07) is 0.518. The number of aromatic nitrogens is 2. The number of alkyl halides is 3. The van der Waals surface area contributed by atoms with Crippen LogP contribution in [0.3, 0.4) is 0 Å². The first-order valence-electron chi connectivity index (χ1n) is 8.10. The van der Waals surface area contributed by atoms with Gasteiger partial charge in [-0.25, -0.2) is 4.68 Å². The molecule has 0 spiro atoms. The number of hydrogen-bond acceptors (Lipinski definition) is 3. The number of rotatable bonds is 6. The number of allylic oxidation sites excluding steroid dienone is 3. The second kappa shape index (κ2) is 7.63. The molecule has 0 fully saturated rings. The summed E-state index contributed by atoms with van der Waals surface area (Å²) < 4.78 is 41.1. The average Bonchev–Trinajstić information content (AvgIpc) is 2.99. The molecule has 26 heavy (non-hydrogen) atoms. The lowest BCUT2D eigenvalue weighted by Gasteiger charge is -2.26. The average molecular weight is 366 g/mol. The van der Waals surface area contributed by atoms with Crippen LogP contribution in [-0.2, 0) is 0 Å². The number of carbonyl (C=O) groups excluding carboxylic acids is 1. The van der Waals surface area contributed by atoms with Crippen LogP contribution in [0.5, 0.6) is 0 Å². The molecular weight excluding hydrogens is 345 g/mol. The first kappa shape index (κ1) is 19.6. The molecule has 1 atom stereocenters. The maximum absolute atomic E-state index is 13.5. The van der Waals surface area contributed by atoms with Crippen LogP contribution in [0.25, 0.3) is 5.70 Å². The van der Waals surface area contributed by atoms with E-state index in [1.165, 1.54) is 6.07 Å². The van der Waals surface area contributed by atoms with Crippen LogP contribution in [0.4, 0.5) is 19.0 Å². The zero-order valence-corrected chi connectivity index (χ0v) is 14.7. The second-order valence-electron chi connectivity index (χ2n) is 6.01. The zero-order chi connectivity index (χ0) is 19.5. The lowest BCUT2D eigenvalue weighted by Crippen LogP contribution is -2.31. The molecule has 1 aromatic rings. The molecule has 1 aliphatic heterocycles. The highest BCUT2D eigenvalue weighted by Crippen LogP contribution is 2.36. The Morgan fingerprint density at radius 3 is 2.69 bits per heavy atom. The van der Waals surface area contributed by atoms with Gasteiger partial charge in [0.25, 0.3) is 5.91 Å². The fourth-order valence-corrected chi connectivity index (χ4v) is 2.30. The van der Waals surface area contributed by atoms with E-state index in [9.17, 15) is 18.0 Å². The molecule has 0 saturated carbocycles. The highest BCUT2D eigenvalue weighted by Gasteiger charge is 2.40. The summed E-state index contributed by atoms with van der Waals surface area (Å²) in [4.78, 5) is 12.0. The molecule has 1 amide bonds. The molecule has 0 saturated heterocycles. The molecule has 1 aromatic heterocycles. The van der Waals surface area contributed by atoms with Crippen molar-refractivity contribution in [3.63, 3.8) is 0 Å². The third-order valence-electron chi connectivity index (χ3n) is 3.61. The van der Waals surface area contributed by atoms with Gasteiger partial charge in [0, 0.05) is 12.6 Å². The molecule has 2 heterocycles. The third-order valence-corrected chi connectivity index (χ3v) is 3.61. The zero-order valence-electron chi connectivity index (χ0n) is 14.7. The van der Waals surface area contributed by atoms with Gasteiger partial charge in [-0.05, 0) is 25.0 Å². The van der Waals surface area contributed by atoms with E-state index in [-0.39, 0.29) is 11.5 Å². The molecule has 140 valence electrons. The van der Waals surface area contributed by atoms with Gasteiger partial charge in [0.15, 0.2) is 5.69 Å². The summed E-state index contributed by atoms with van der Waals surface area (Å²) in [5.74, 6) is -0.439. The fourth-order valence-electron chi connectivity index (χ4n) is 2.30. The van der Waals surface area contributed by atoms with E-state index in [1.807, 2.05) is 6.92 Å². The second-order valence-corrected chi connectivity index (χ2v) is 6.01. The number of nitrogens with zero attached hydrogens (tertiary/aromatic N) is 2. The predicted molar refractivity (Wildman–Crippen MR) is 95.7 cm³/mol. The normalized spacial score (nSPS) is 16.7. The number of amides is 1. The largest absolute Gasteiger partial charge is 0.433 e. The van der Waals surface area contributed by atoms with Crippen LogP contribution in [0, 0.1) is 0 Å². The van der Waals surface area contributed by atoms with Gasteiger partial charge < -0.3 is 10.6 Å². The standard InChI is InChI=1S/C18H21F3N4O/c1-5-8-22-17(26)14-10-16-23-13(12(4)7-6-11(2)3)9-15(18(19,20)21)25(16)24-14/h6-7,9-10,13,23H,2,4-5,8H2,1,3H3,(H,22,26)/b7-6-. The SMILES string of the molecule is C=C(C)/C=C\C(=C)C1C=C(C(F)(F)F)n2nc(C(=O)NCCC)cc2N1. The van der Waals surface area contributed by atoms with Crippen molar-refractivity contribution in [3.05, 3.63) is 54.3 Å². The molecule has 2 N–H and O–H groups in total. The smallest absolute Gasteiger partial charge is 0.360 e. The van der Waals surface area contributed by atoms with Gasteiger partial charge in [-0.15, -0.1) is 0 Å². The summed E-state index contributed by atoms with van der Waals surface area (Å²) >= 11 is 0. The molecule has 0 bridgehead atoms. The number of fused-ring (bicyclic) bond motifs is 1. The van der Waals surface area contributed by atoms with E-state index in [0.717, 1.165) is 11.6 Å². The maximum atomic E-state index is 13.5. The third kappa shape index (κ3) is 4.44.